The van der Waals surface area contributed by atoms with Crippen LogP contribution in [-0.2, 0) is 4.74 Å². The van der Waals surface area contributed by atoms with E-state index in [0.29, 0.717) is 19.2 Å². The van der Waals surface area contributed by atoms with Crippen LogP contribution in [0.4, 0.5) is 5.69 Å². The molecule has 3 atom stereocenters. The van der Waals surface area contributed by atoms with Gasteiger partial charge in [0.15, 0.2) is 0 Å². The Morgan fingerprint density at radius 1 is 1.18 bits per heavy atom. The van der Waals surface area contributed by atoms with Crippen LogP contribution >= 0.6 is 0 Å². The smallest absolute Gasteiger partial charge is 0.104 e. The van der Waals surface area contributed by atoms with Gasteiger partial charge in [-0.3, -0.25) is 4.68 Å². The summed E-state index contributed by atoms with van der Waals surface area (Å²) in [6.45, 7) is 6.21. The molecular weight excluding hydrogens is 354 g/mol. The fourth-order valence-electron chi connectivity index (χ4n) is 4.74. The average Bonchev–Trinajstić information content (AvgIpc) is 3.25. The molecule has 1 N–H and O–H groups in total. The van der Waals surface area contributed by atoms with Gasteiger partial charge in [-0.1, -0.05) is 0 Å². The SMILES string of the molecule is Cc1cc2cnn(-c3cnn(C4CC4)c3)c2cc1N1C[C@@H]2CO[C@H](C1)[C@]2(C)O. The largest absolute Gasteiger partial charge is 0.387 e. The summed E-state index contributed by atoms with van der Waals surface area (Å²) in [6, 6.07) is 4.99. The van der Waals surface area contributed by atoms with Crippen LogP contribution in [0.1, 0.15) is 31.4 Å². The van der Waals surface area contributed by atoms with Gasteiger partial charge in [0.25, 0.3) is 0 Å². The highest BCUT2D eigenvalue weighted by Crippen LogP contribution is 2.40. The highest BCUT2D eigenvalue weighted by atomic mass is 16.5. The Kier molecular flexibility index (Phi) is 3.30. The van der Waals surface area contributed by atoms with E-state index in [4.69, 9.17) is 4.74 Å². The number of ether oxygens (including phenoxy) is 1. The van der Waals surface area contributed by atoms with Gasteiger partial charge in [0.1, 0.15) is 11.8 Å². The zero-order chi connectivity index (χ0) is 19.0. The molecule has 1 saturated carbocycles. The number of anilines is 1. The molecule has 2 aliphatic heterocycles. The van der Waals surface area contributed by atoms with Crippen LogP contribution in [0, 0.1) is 12.8 Å². The van der Waals surface area contributed by atoms with Crippen LogP contribution in [0.3, 0.4) is 0 Å². The lowest BCUT2D eigenvalue weighted by Gasteiger charge is -2.42. The normalized spacial score (nSPS) is 29.8. The molecule has 4 heterocycles. The number of hydrogen-bond donors (Lipinski definition) is 1. The van der Waals surface area contributed by atoms with E-state index < -0.39 is 5.60 Å². The Morgan fingerprint density at radius 3 is 2.82 bits per heavy atom. The maximum absolute atomic E-state index is 10.7. The Balaban J connectivity index is 1.39. The van der Waals surface area contributed by atoms with E-state index >= 15 is 0 Å². The van der Waals surface area contributed by atoms with E-state index in [1.807, 2.05) is 24.0 Å². The van der Waals surface area contributed by atoms with Crippen LogP contribution in [0.5, 0.6) is 0 Å². The molecule has 2 saturated heterocycles. The van der Waals surface area contributed by atoms with Gasteiger partial charge < -0.3 is 14.7 Å². The molecule has 3 aromatic rings. The summed E-state index contributed by atoms with van der Waals surface area (Å²) in [4.78, 5) is 2.36. The van der Waals surface area contributed by atoms with Crippen molar-refractivity contribution in [2.24, 2.45) is 5.92 Å². The molecule has 0 radical (unpaired) electrons. The zero-order valence-corrected chi connectivity index (χ0v) is 16.2. The van der Waals surface area contributed by atoms with Crippen LogP contribution in [0.2, 0.25) is 0 Å². The molecule has 7 nitrogen and oxygen atoms in total. The Labute approximate surface area is 163 Å². The van der Waals surface area contributed by atoms with Gasteiger partial charge in [0.2, 0.25) is 0 Å². The van der Waals surface area contributed by atoms with Crippen molar-refractivity contribution < 1.29 is 9.84 Å². The minimum Gasteiger partial charge on any atom is -0.387 e. The minimum atomic E-state index is -0.729. The third kappa shape index (κ3) is 2.36. The maximum Gasteiger partial charge on any atom is 0.104 e. The quantitative estimate of drug-likeness (QED) is 0.757. The standard InChI is InChI=1S/C21H25N5O2/c1-13-5-14-7-23-26(17-8-22-25(10-17)16-3-4-16)19(14)6-18(13)24-9-15-12-28-20(11-24)21(15,2)27/h5-8,10,15-16,20,27H,3-4,9,11-12H2,1-2H3/t15-,20-,21-/m1/s1. The van der Waals surface area contributed by atoms with Gasteiger partial charge in [-0.05, 0) is 44.4 Å². The first-order valence-electron chi connectivity index (χ1n) is 10.1. The first kappa shape index (κ1) is 16.6. The number of rotatable bonds is 3. The van der Waals surface area contributed by atoms with Gasteiger partial charge in [-0.2, -0.15) is 10.2 Å². The summed E-state index contributed by atoms with van der Waals surface area (Å²) >= 11 is 0. The third-order valence-corrected chi connectivity index (χ3v) is 6.78. The van der Waals surface area contributed by atoms with Gasteiger partial charge >= 0.3 is 0 Å². The van der Waals surface area contributed by atoms with Gasteiger partial charge in [-0.25, -0.2) is 4.68 Å². The maximum atomic E-state index is 10.7. The van der Waals surface area contributed by atoms with Crippen molar-refractivity contribution in [1.82, 2.24) is 19.6 Å². The molecule has 3 aliphatic rings. The number of aryl methyl sites for hydroxylation is 1. The minimum absolute atomic E-state index is 0.136. The highest BCUT2D eigenvalue weighted by Gasteiger charge is 2.51. The third-order valence-electron chi connectivity index (χ3n) is 6.78. The number of piperidine rings is 1. The molecule has 1 aliphatic carbocycles. The summed E-state index contributed by atoms with van der Waals surface area (Å²) in [7, 11) is 0. The second-order valence-electron chi connectivity index (χ2n) is 8.81. The topological polar surface area (TPSA) is 68.3 Å². The lowest BCUT2D eigenvalue weighted by molar-refractivity contribution is -0.0435. The molecule has 0 amide bonds. The number of aliphatic hydroxyl groups is 1. The van der Waals surface area contributed by atoms with Gasteiger partial charge in [0.05, 0.1) is 42.4 Å². The second kappa shape index (κ2) is 5.58. The van der Waals surface area contributed by atoms with Crippen LogP contribution in [0.15, 0.2) is 30.7 Å². The average molecular weight is 379 g/mol. The lowest BCUT2D eigenvalue weighted by atomic mass is 9.83. The number of benzene rings is 1. The summed E-state index contributed by atoms with van der Waals surface area (Å²) < 4.78 is 9.90. The van der Waals surface area contributed by atoms with Gasteiger partial charge in [0, 0.05) is 30.1 Å². The zero-order valence-electron chi connectivity index (χ0n) is 16.2. The molecule has 0 spiro atoms. The predicted octanol–water partition coefficient (Wildman–Crippen LogP) is 2.45. The van der Waals surface area contributed by atoms with Crippen molar-refractivity contribution in [2.75, 3.05) is 24.6 Å². The Bertz CT molecular complexity index is 1050. The van der Waals surface area contributed by atoms with Crippen molar-refractivity contribution in [3.05, 3.63) is 36.3 Å². The summed E-state index contributed by atoms with van der Waals surface area (Å²) in [5, 5.41) is 21.0. The van der Waals surface area contributed by atoms with Crippen molar-refractivity contribution >= 4 is 16.6 Å². The molecule has 146 valence electrons. The summed E-state index contributed by atoms with van der Waals surface area (Å²) in [6.07, 6.45) is 8.21. The molecule has 1 aromatic carbocycles. The monoisotopic (exact) mass is 379 g/mol. The molecule has 2 aromatic heterocycles. The Morgan fingerprint density at radius 2 is 2.04 bits per heavy atom. The van der Waals surface area contributed by atoms with Crippen molar-refractivity contribution in [3.63, 3.8) is 0 Å². The molecule has 7 heteroatoms. The summed E-state index contributed by atoms with van der Waals surface area (Å²) in [5.41, 5.74) is 3.78. The van der Waals surface area contributed by atoms with Crippen LogP contribution in [0.25, 0.3) is 16.6 Å². The fourth-order valence-corrected chi connectivity index (χ4v) is 4.74. The van der Waals surface area contributed by atoms with E-state index in [9.17, 15) is 5.11 Å². The number of nitrogens with zero attached hydrogens (tertiary/aromatic N) is 5. The first-order valence-corrected chi connectivity index (χ1v) is 10.1. The van der Waals surface area contributed by atoms with Crippen molar-refractivity contribution in [1.29, 1.82) is 0 Å². The second-order valence-corrected chi connectivity index (χ2v) is 8.81. The van der Waals surface area contributed by atoms with Crippen molar-refractivity contribution in [3.8, 4) is 5.69 Å². The van der Waals surface area contributed by atoms with Crippen molar-refractivity contribution in [2.45, 2.75) is 44.4 Å². The number of fused-ring (bicyclic) bond motifs is 3. The lowest BCUT2D eigenvalue weighted by Crippen LogP contribution is -2.55. The van der Waals surface area contributed by atoms with E-state index in [0.717, 1.165) is 23.1 Å². The van der Waals surface area contributed by atoms with E-state index in [1.54, 1.807) is 0 Å². The van der Waals surface area contributed by atoms with E-state index in [1.165, 1.54) is 24.1 Å². The van der Waals surface area contributed by atoms with E-state index in [-0.39, 0.29) is 12.0 Å². The Hall–Kier alpha value is -2.38. The summed E-state index contributed by atoms with van der Waals surface area (Å²) in [5.74, 6) is 0.142. The van der Waals surface area contributed by atoms with Crippen LogP contribution < -0.4 is 4.90 Å². The van der Waals surface area contributed by atoms with E-state index in [2.05, 4.69) is 45.0 Å². The molecule has 6 rings (SSSR count). The number of aromatic nitrogens is 4. The molecular formula is C21H25N5O2. The molecule has 28 heavy (non-hydrogen) atoms. The molecule has 3 fully saturated rings. The van der Waals surface area contributed by atoms with Gasteiger partial charge in [-0.15, -0.1) is 0 Å². The van der Waals surface area contributed by atoms with Crippen LogP contribution in [-0.4, -0.2) is 56.1 Å². The number of hydrogen-bond acceptors (Lipinski definition) is 5. The first-order chi connectivity index (χ1) is 13.5. The molecule has 0 unspecified atom stereocenters. The predicted molar refractivity (Wildman–Crippen MR) is 106 cm³/mol. The molecule has 2 bridgehead atoms. The highest BCUT2D eigenvalue weighted by molar-refractivity contribution is 5.85. The fraction of sp³-hybridized carbons (Fsp3) is 0.524.